The van der Waals surface area contributed by atoms with Gasteiger partial charge in [-0.3, -0.25) is 19.8 Å². The van der Waals surface area contributed by atoms with Gasteiger partial charge < -0.3 is 0 Å². The van der Waals surface area contributed by atoms with E-state index >= 15 is 0 Å². The van der Waals surface area contributed by atoms with Crippen molar-refractivity contribution >= 4 is 5.91 Å². The minimum absolute atomic E-state index is 0.157. The van der Waals surface area contributed by atoms with Gasteiger partial charge in [-0.1, -0.05) is 36.4 Å². The summed E-state index contributed by atoms with van der Waals surface area (Å²) < 4.78 is 14.1. The molecule has 1 amide bonds. The number of hydrogen-bond acceptors (Lipinski definition) is 4. The summed E-state index contributed by atoms with van der Waals surface area (Å²) in [5, 5.41) is 8.65. The second-order valence-corrected chi connectivity index (χ2v) is 7.31. The van der Waals surface area contributed by atoms with Crippen molar-refractivity contribution in [3.63, 3.8) is 0 Å². The summed E-state index contributed by atoms with van der Waals surface area (Å²) in [7, 11) is 0. The fourth-order valence-electron chi connectivity index (χ4n) is 3.86. The average Bonchev–Trinajstić information content (AvgIpc) is 2.65. The SMILES string of the molecule is C[C@@H]1CN(Cc2ccc(C(=O)NO)c(F)c2)C[C@H](C)N1Cc1ccccc1. The van der Waals surface area contributed by atoms with Crippen molar-refractivity contribution in [2.45, 2.75) is 39.0 Å². The minimum atomic E-state index is -0.837. The molecule has 0 aromatic heterocycles. The highest BCUT2D eigenvalue weighted by Crippen LogP contribution is 2.21. The lowest BCUT2D eigenvalue weighted by Gasteiger charge is -2.44. The number of hydrogen-bond donors (Lipinski definition) is 2. The van der Waals surface area contributed by atoms with Gasteiger partial charge in [-0.2, -0.15) is 0 Å². The number of carbonyl (C=O) groups is 1. The van der Waals surface area contributed by atoms with Crippen LogP contribution in [0.3, 0.4) is 0 Å². The summed E-state index contributed by atoms with van der Waals surface area (Å²) in [6.07, 6.45) is 0. The predicted octanol–water partition coefficient (Wildman–Crippen LogP) is 3.04. The molecule has 3 rings (SSSR count). The van der Waals surface area contributed by atoms with Crippen LogP contribution in [0.1, 0.15) is 35.3 Å². The van der Waals surface area contributed by atoms with Crippen LogP contribution in [0.4, 0.5) is 4.39 Å². The van der Waals surface area contributed by atoms with E-state index in [4.69, 9.17) is 5.21 Å². The van der Waals surface area contributed by atoms with Crippen LogP contribution in [0.15, 0.2) is 48.5 Å². The topological polar surface area (TPSA) is 55.8 Å². The van der Waals surface area contributed by atoms with Crippen molar-refractivity contribution in [3.05, 3.63) is 71.0 Å². The van der Waals surface area contributed by atoms with E-state index in [1.165, 1.54) is 23.2 Å². The minimum Gasteiger partial charge on any atom is -0.296 e. The molecule has 0 bridgehead atoms. The molecule has 1 aliphatic heterocycles. The lowest BCUT2D eigenvalue weighted by atomic mass is 10.0. The Bertz CT molecular complexity index is 772. The Balaban J connectivity index is 1.63. The molecule has 0 unspecified atom stereocenters. The molecule has 6 heteroatoms. The number of rotatable bonds is 5. The van der Waals surface area contributed by atoms with Crippen molar-refractivity contribution < 1.29 is 14.4 Å². The first kappa shape index (κ1) is 19.5. The van der Waals surface area contributed by atoms with Crippen molar-refractivity contribution in [2.24, 2.45) is 0 Å². The molecular weight excluding hydrogens is 345 g/mol. The number of amides is 1. The van der Waals surface area contributed by atoms with E-state index in [0.717, 1.165) is 25.2 Å². The van der Waals surface area contributed by atoms with Crippen LogP contribution in [0.2, 0.25) is 0 Å². The third kappa shape index (κ3) is 4.71. The van der Waals surface area contributed by atoms with E-state index in [1.54, 1.807) is 6.07 Å². The first-order valence-electron chi connectivity index (χ1n) is 9.23. The Labute approximate surface area is 159 Å². The molecule has 1 heterocycles. The molecule has 0 saturated carbocycles. The van der Waals surface area contributed by atoms with Crippen molar-refractivity contribution in [1.29, 1.82) is 0 Å². The van der Waals surface area contributed by atoms with Gasteiger partial charge in [-0.25, -0.2) is 9.87 Å². The highest BCUT2D eigenvalue weighted by Gasteiger charge is 2.29. The summed E-state index contributed by atoms with van der Waals surface area (Å²) in [6.45, 7) is 7.81. The Hall–Kier alpha value is -2.28. The molecule has 0 radical (unpaired) electrons. The van der Waals surface area contributed by atoms with Crippen LogP contribution in [-0.4, -0.2) is 46.1 Å². The number of benzene rings is 2. The van der Waals surface area contributed by atoms with Crippen LogP contribution in [0.25, 0.3) is 0 Å². The first-order chi connectivity index (χ1) is 13.0. The highest BCUT2D eigenvalue weighted by atomic mass is 19.1. The number of nitrogens with one attached hydrogen (secondary N) is 1. The summed E-state index contributed by atoms with van der Waals surface area (Å²) in [5.41, 5.74) is 3.43. The van der Waals surface area contributed by atoms with Crippen molar-refractivity contribution in [2.75, 3.05) is 13.1 Å². The molecule has 2 N–H and O–H groups in total. The Morgan fingerprint density at radius 2 is 1.74 bits per heavy atom. The quantitative estimate of drug-likeness (QED) is 0.627. The maximum atomic E-state index is 14.1. The van der Waals surface area contributed by atoms with Crippen LogP contribution in [0, 0.1) is 5.82 Å². The molecule has 1 saturated heterocycles. The standard InChI is InChI=1S/C21H26FN3O2/c1-15-11-24(12-16(2)25(15)14-17-6-4-3-5-7-17)13-18-8-9-19(20(22)10-18)21(26)23-27/h3-10,15-16,27H,11-14H2,1-2H3,(H,23,26)/t15-,16+. The Kier molecular flexibility index (Phi) is 6.21. The van der Waals surface area contributed by atoms with Gasteiger partial charge in [0.2, 0.25) is 0 Å². The summed E-state index contributed by atoms with van der Waals surface area (Å²) >= 11 is 0. The van der Waals surface area contributed by atoms with Gasteiger partial charge in [0.25, 0.3) is 5.91 Å². The number of nitrogens with zero attached hydrogens (tertiary/aromatic N) is 2. The van der Waals surface area contributed by atoms with Crippen molar-refractivity contribution in [1.82, 2.24) is 15.3 Å². The number of halogens is 1. The molecule has 0 aliphatic carbocycles. The third-order valence-electron chi connectivity index (χ3n) is 5.17. The lowest BCUT2D eigenvalue weighted by Crippen LogP contribution is -2.55. The van der Waals surface area contributed by atoms with E-state index in [9.17, 15) is 9.18 Å². The molecule has 27 heavy (non-hydrogen) atoms. The zero-order chi connectivity index (χ0) is 19.4. The van der Waals surface area contributed by atoms with E-state index < -0.39 is 11.7 Å². The van der Waals surface area contributed by atoms with Gasteiger partial charge in [0.15, 0.2) is 0 Å². The molecule has 1 fully saturated rings. The van der Waals surface area contributed by atoms with Crippen LogP contribution < -0.4 is 5.48 Å². The van der Waals surface area contributed by atoms with Crippen molar-refractivity contribution in [3.8, 4) is 0 Å². The summed E-state index contributed by atoms with van der Waals surface area (Å²) in [6, 6.07) is 15.8. The Morgan fingerprint density at radius 3 is 2.33 bits per heavy atom. The van der Waals surface area contributed by atoms with Crippen LogP contribution in [-0.2, 0) is 13.1 Å². The average molecular weight is 371 g/mol. The first-order valence-corrected chi connectivity index (χ1v) is 9.23. The fourth-order valence-corrected chi connectivity index (χ4v) is 3.86. The van der Waals surface area contributed by atoms with Gasteiger partial charge in [-0.15, -0.1) is 0 Å². The summed E-state index contributed by atoms with van der Waals surface area (Å²) in [4.78, 5) is 16.2. The van der Waals surface area contributed by atoms with Gasteiger partial charge >= 0.3 is 0 Å². The van der Waals surface area contributed by atoms with E-state index in [0.29, 0.717) is 18.6 Å². The molecule has 2 aromatic rings. The Morgan fingerprint density at radius 1 is 1.07 bits per heavy atom. The third-order valence-corrected chi connectivity index (χ3v) is 5.17. The number of carbonyl (C=O) groups excluding carboxylic acids is 1. The lowest BCUT2D eigenvalue weighted by molar-refractivity contribution is 0.0290. The van der Waals surface area contributed by atoms with E-state index in [-0.39, 0.29) is 5.56 Å². The summed E-state index contributed by atoms with van der Waals surface area (Å²) in [5.74, 6) is -1.46. The second kappa shape index (κ2) is 8.61. The number of hydroxylamine groups is 1. The zero-order valence-corrected chi connectivity index (χ0v) is 15.7. The molecule has 5 nitrogen and oxygen atoms in total. The maximum Gasteiger partial charge on any atom is 0.277 e. The molecule has 0 spiro atoms. The van der Waals surface area contributed by atoms with E-state index in [1.807, 2.05) is 6.07 Å². The second-order valence-electron chi connectivity index (χ2n) is 7.31. The molecule has 144 valence electrons. The van der Waals surface area contributed by atoms with E-state index in [2.05, 4.69) is 47.9 Å². The molecule has 1 aliphatic rings. The van der Waals surface area contributed by atoms with Gasteiger partial charge in [0.05, 0.1) is 5.56 Å². The largest absolute Gasteiger partial charge is 0.296 e. The zero-order valence-electron chi connectivity index (χ0n) is 15.7. The predicted molar refractivity (Wildman–Crippen MR) is 102 cm³/mol. The maximum absolute atomic E-state index is 14.1. The monoisotopic (exact) mass is 371 g/mol. The molecule has 2 atom stereocenters. The highest BCUT2D eigenvalue weighted by molar-refractivity contribution is 5.93. The smallest absolute Gasteiger partial charge is 0.277 e. The van der Waals surface area contributed by atoms with Gasteiger partial charge in [0, 0.05) is 38.3 Å². The fraction of sp³-hybridized carbons (Fsp3) is 0.381. The van der Waals surface area contributed by atoms with Gasteiger partial charge in [-0.05, 0) is 37.1 Å². The number of piperazine rings is 1. The van der Waals surface area contributed by atoms with Crippen LogP contribution >= 0.6 is 0 Å². The van der Waals surface area contributed by atoms with Crippen LogP contribution in [0.5, 0.6) is 0 Å². The molecule has 2 aromatic carbocycles. The normalized spacial score (nSPS) is 21.2. The van der Waals surface area contributed by atoms with Gasteiger partial charge in [0.1, 0.15) is 5.82 Å². The molecular formula is C21H26FN3O2.